The molecule has 0 unspecified atom stereocenters. The fourth-order valence-electron chi connectivity index (χ4n) is 3.11. The van der Waals surface area contributed by atoms with Gasteiger partial charge < -0.3 is 9.47 Å². The number of ether oxygens (including phenoxy) is 2. The van der Waals surface area contributed by atoms with Crippen molar-refractivity contribution in [1.82, 2.24) is 4.98 Å². The Morgan fingerprint density at radius 3 is 2.29 bits per heavy atom. The molecule has 156 valence electrons. The number of carbonyl (C=O) groups is 1. The summed E-state index contributed by atoms with van der Waals surface area (Å²) in [7, 11) is 3.05. The number of anilines is 1. The Labute approximate surface area is 183 Å². The van der Waals surface area contributed by atoms with Crippen molar-refractivity contribution in [3.8, 4) is 33.2 Å². The van der Waals surface area contributed by atoms with Crippen LogP contribution >= 0.6 is 11.3 Å². The molecule has 1 N–H and O–H groups in total. The van der Waals surface area contributed by atoms with Crippen LogP contribution in [0.15, 0.2) is 72.8 Å². The number of aromatic nitrogens is 1. The van der Waals surface area contributed by atoms with E-state index in [1.165, 1.54) is 37.7 Å². The minimum absolute atomic E-state index is 0.317. The molecule has 4 rings (SSSR count). The molecule has 0 atom stereocenters. The maximum Gasteiger partial charge on any atom is 0.257 e. The first-order valence-corrected chi connectivity index (χ1v) is 10.3. The van der Waals surface area contributed by atoms with Gasteiger partial charge in [0.25, 0.3) is 5.91 Å². The summed E-state index contributed by atoms with van der Waals surface area (Å²) in [5.74, 6) is 0.367. The zero-order valence-electron chi connectivity index (χ0n) is 16.9. The second-order valence-electron chi connectivity index (χ2n) is 6.59. The van der Waals surface area contributed by atoms with E-state index in [0.29, 0.717) is 27.9 Å². The Balaban J connectivity index is 1.69. The monoisotopic (exact) mass is 434 g/mol. The Morgan fingerprint density at radius 2 is 1.61 bits per heavy atom. The fourth-order valence-corrected chi connectivity index (χ4v) is 4.10. The molecule has 0 saturated carbocycles. The van der Waals surface area contributed by atoms with E-state index in [2.05, 4.69) is 10.3 Å². The van der Waals surface area contributed by atoms with Gasteiger partial charge >= 0.3 is 0 Å². The lowest BCUT2D eigenvalue weighted by Crippen LogP contribution is -2.12. The van der Waals surface area contributed by atoms with E-state index < -0.39 is 0 Å². The van der Waals surface area contributed by atoms with Crippen LogP contribution in [0, 0.1) is 5.82 Å². The van der Waals surface area contributed by atoms with E-state index in [-0.39, 0.29) is 11.7 Å². The summed E-state index contributed by atoms with van der Waals surface area (Å²) in [6.07, 6.45) is 0. The standard InChI is InChI=1S/C24H19FN2O3S/c1-29-19-13-10-17(14-20(19)30-2)23(28)27-24-26-21(15-8-11-18(25)12-9-15)22(31-24)16-6-4-3-5-7-16/h3-14H,1-2H3,(H,26,27,28). The second kappa shape index (κ2) is 8.97. The van der Waals surface area contributed by atoms with Crippen molar-refractivity contribution in [3.63, 3.8) is 0 Å². The molecular weight excluding hydrogens is 415 g/mol. The van der Waals surface area contributed by atoms with Gasteiger partial charge in [0.1, 0.15) is 5.82 Å². The molecule has 0 aliphatic rings. The molecule has 4 aromatic rings. The first kappa shape index (κ1) is 20.6. The fraction of sp³-hybridized carbons (Fsp3) is 0.0833. The quantitative estimate of drug-likeness (QED) is 0.411. The molecule has 0 aliphatic carbocycles. The topological polar surface area (TPSA) is 60.5 Å². The van der Waals surface area contributed by atoms with Crippen molar-refractivity contribution in [2.75, 3.05) is 19.5 Å². The molecule has 0 bridgehead atoms. The number of benzene rings is 3. The van der Waals surface area contributed by atoms with Crippen molar-refractivity contribution in [3.05, 3.63) is 84.2 Å². The molecule has 5 nitrogen and oxygen atoms in total. The van der Waals surface area contributed by atoms with Gasteiger partial charge in [0.2, 0.25) is 0 Å². The van der Waals surface area contributed by atoms with Gasteiger partial charge in [-0.3, -0.25) is 10.1 Å². The number of carbonyl (C=O) groups excluding carboxylic acids is 1. The van der Waals surface area contributed by atoms with Crippen LogP contribution in [0.4, 0.5) is 9.52 Å². The van der Waals surface area contributed by atoms with Crippen LogP contribution in [0.2, 0.25) is 0 Å². The lowest BCUT2D eigenvalue weighted by molar-refractivity contribution is 0.102. The van der Waals surface area contributed by atoms with E-state index in [9.17, 15) is 9.18 Å². The highest BCUT2D eigenvalue weighted by Gasteiger charge is 2.18. The third-order valence-corrected chi connectivity index (χ3v) is 5.67. The largest absolute Gasteiger partial charge is 0.493 e. The van der Waals surface area contributed by atoms with Crippen LogP contribution in [-0.4, -0.2) is 25.1 Å². The lowest BCUT2D eigenvalue weighted by atomic mass is 10.1. The predicted octanol–water partition coefficient (Wildman–Crippen LogP) is 5.89. The van der Waals surface area contributed by atoms with E-state index in [4.69, 9.17) is 9.47 Å². The number of amides is 1. The SMILES string of the molecule is COc1ccc(C(=O)Nc2nc(-c3ccc(F)cc3)c(-c3ccccc3)s2)cc1OC. The van der Waals surface area contributed by atoms with Gasteiger partial charge in [-0.1, -0.05) is 41.7 Å². The molecule has 31 heavy (non-hydrogen) atoms. The van der Waals surface area contributed by atoms with Gasteiger partial charge in [-0.15, -0.1) is 0 Å². The van der Waals surface area contributed by atoms with Gasteiger partial charge in [0.05, 0.1) is 24.8 Å². The lowest BCUT2D eigenvalue weighted by Gasteiger charge is -2.09. The summed E-state index contributed by atoms with van der Waals surface area (Å²) >= 11 is 1.36. The Kier molecular flexibility index (Phi) is 5.95. The highest BCUT2D eigenvalue weighted by atomic mass is 32.1. The molecule has 0 saturated heterocycles. The van der Waals surface area contributed by atoms with Crippen LogP contribution < -0.4 is 14.8 Å². The molecule has 1 heterocycles. The average Bonchev–Trinajstić information content (AvgIpc) is 3.23. The number of halogens is 1. The van der Waals surface area contributed by atoms with Crippen LogP contribution in [-0.2, 0) is 0 Å². The maximum atomic E-state index is 13.4. The summed E-state index contributed by atoms with van der Waals surface area (Å²) in [6.45, 7) is 0. The minimum Gasteiger partial charge on any atom is -0.493 e. The average molecular weight is 434 g/mol. The van der Waals surface area contributed by atoms with Gasteiger partial charge in [0, 0.05) is 11.1 Å². The zero-order valence-corrected chi connectivity index (χ0v) is 17.7. The molecule has 3 aromatic carbocycles. The molecule has 0 radical (unpaired) electrons. The number of nitrogens with one attached hydrogen (secondary N) is 1. The third kappa shape index (κ3) is 4.41. The first-order valence-electron chi connectivity index (χ1n) is 9.44. The molecule has 0 fully saturated rings. The Morgan fingerprint density at radius 1 is 0.903 bits per heavy atom. The van der Waals surface area contributed by atoms with E-state index in [0.717, 1.165) is 16.0 Å². The third-order valence-electron chi connectivity index (χ3n) is 4.65. The number of hydrogen-bond donors (Lipinski definition) is 1. The van der Waals surface area contributed by atoms with Gasteiger partial charge in [-0.25, -0.2) is 9.37 Å². The summed E-state index contributed by atoms with van der Waals surface area (Å²) in [4.78, 5) is 18.4. The van der Waals surface area contributed by atoms with Crippen LogP contribution in [0.25, 0.3) is 21.7 Å². The number of nitrogens with zero attached hydrogens (tertiary/aromatic N) is 1. The Bertz CT molecular complexity index is 1210. The van der Waals surface area contributed by atoms with Crippen LogP contribution in [0.3, 0.4) is 0 Å². The van der Waals surface area contributed by atoms with Crippen molar-refractivity contribution in [2.45, 2.75) is 0 Å². The minimum atomic E-state index is -0.319. The van der Waals surface area contributed by atoms with Gasteiger partial charge in [-0.05, 0) is 48.0 Å². The van der Waals surface area contributed by atoms with Crippen LogP contribution in [0.5, 0.6) is 11.5 Å². The normalized spacial score (nSPS) is 10.5. The summed E-state index contributed by atoms with van der Waals surface area (Å²) in [6, 6.07) is 20.8. The van der Waals surface area contributed by atoms with Crippen molar-refractivity contribution < 1.29 is 18.7 Å². The highest BCUT2D eigenvalue weighted by molar-refractivity contribution is 7.19. The van der Waals surface area contributed by atoms with Crippen LogP contribution in [0.1, 0.15) is 10.4 Å². The van der Waals surface area contributed by atoms with Crippen molar-refractivity contribution in [1.29, 1.82) is 0 Å². The van der Waals surface area contributed by atoms with Gasteiger partial charge in [-0.2, -0.15) is 0 Å². The number of rotatable bonds is 6. The van der Waals surface area contributed by atoms with Crippen molar-refractivity contribution >= 4 is 22.4 Å². The number of methoxy groups -OCH3 is 2. The second-order valence-corrected chi connectivity index (χ2v) is 7.59. The summed E-state index contributed by atoms with van der Waals surface area (Å²) in [5, 5.41) is 3.30. The predicted molar refractivity (Wildman–Crippen MR) is 120 cm³/mol. The molecule has 0 spiro atoms. The highest BCUT2D eigenvalue weighted by Crippen LogP contribution is 2.39. The number of hydrogen-bond acceptors (Lipinski definition) is 5. The molecule has 0 aliphatic heterocycles. The number of thiazole rings is 1. The zero-order chi connectivity index (χ0) is 21.8. The molecule has 7 heteroatoms. The summed E-state index contributed by atoms with van der Waals surface area (Å²) < 4.78 is 23.9. The van der Waals surface area contributed by atoms with E-state index in [1.54, 1.807) is 30.3 Å². The smallest absolute Gasteiger partial charge is 0.257 e. The van der Waals surface area contributed by atoms with Crippen molar-refractivity contribution in [2.24, 2.45) is 0 Å². The molecule has 1 aromatic heterocycles. The van der Waals surface area contributed by atoms with E-state index >= 15 is 0 Å². The van der Waals surface area contributed by atoms with E-state index in [1.807, 2.05) is 30.3 Å². The first-order chi connectivity index (χ1) is 15.1. The van der Waals surface area contributed by atoms with Gasteiger partial charge in [0.15, 0.2) is 16.6 Å². The maximum absolute atomic E-state index is 13.4. The molecule has 1 amide bonds. The molecular formula is C24H19FN2O3S. The summed E-state index contributed by atoms with van der Waals surface area (Å²) in [5.41, 5.74) is 2.82. The Hall–Kier alpha value is -3.71.